The summed E-state index contributed by atoms with van der Waals surface area (Å²) in [5.74, 6) is -0.372. The number of benzene rings is 2. The lowest BCUT2D eigenvalue weighted by atomic mass is 10.1. The van der Waals surface area contributed by atoms with Crippen molar-refractivity contribution in [2.75, 3.05) is 49.5 Å². The fourth-order valence-electron chi connectivity index (χ4n) is 3.37. The van der Waals surface area contributed by atoms with E-state index < -0.39 is 0 Å². The van der Waals surface area contributed by atoms with Crippen molar-refractivity contribution in [2.24, 2.45) is 0 Å². The van der Waals surface area contributed by atoms with Crippen LogP contribution in [0.15, 0.2) is 42.5 Å². The monoisotopic (exact) mass is 414 g/mol. The number of para-hydroxylation sites is 1. The highest BCUT2D eigenvalue weighted by Crippen LogP contribution is 2.25. The van der Waals surface area contributed by atoms with Gasteiger partial charge in [0, 0.05) is 31.9 Å². The molecule has 1 heterocycles. The molecular weight excluding hydrogens is 388 g/mol. The van der Waals surface area contributed by atoms with Gasteiger partial charge in [-0.25, -0.2) is 0 Å². The molecular formula is C22H27ClN4O2. The summed E-state index contributed by atoms with van der Waals surface area (Å²) in [6.07, 6.45) is 0. The third-order valence-corrected chi connectivity index (χ3v) is 5.58. The van der Waals surface area contributed by atoms with Gasteiger partial charge >= 0.3 is 0 Å². The van der Waals surface area contributed by atoms with Crippen molar-refractivity contribution in [3.63, 3.8) is 0 Å². The fourth-order valence-corrected chi connectivity index (χ4v) is 3.63. The van der Waals surface area contributed by atoms with E-state index in [2.05, 4.69) is 20.4 Å². The van der Waals surface area contributed by atoms with E-state index in [1.54, 1.807) is 0 Å². The predicted octanol–water partition coefficient (Wildman–Crippen LogP) is 2.83. The lowest BCUT2D eigenvalue weighted by Gasteiger charge is -2.36. The van der Waals surface area contributed by atoms with Crippen molar-refractivity contribution in [1.82, 2.24) is 10.2 Å². The molecule has 0 bridgehead atoms. The molecule has 3 rings (SSSR count). The van der Waals surface area contributed by atoms with Gasteiger partial charge in [0.25, 0.3) is 0 Å². The van der Waals surface area contributed by atoms with Gasteiger partial charge in [0.05, 0.1) is 23.8 Å². The topological polar surface area (TPSA) is 64.7 Å². The van der Waals surface area contributed by atoms with Crippen LogP contribution in [0.2, 0.25) is 5.02 Å². The van der Waals surface area contributed by atoms with Crippen LogP contribution in [0.4, 0.5) is 11.4 Å². The Bertz CT molecular complexity index is 879. The number of hydrogen-bond acceptors (Lipinski definition) is 4. The first-order valence-corrected chi connectivity index (χ1v) is 10.2. The van der Waals surface area contributed by atoms with Crippen molar-refractivity contribution in [3.8, 4) is 0 Å². The number of carbonyl (C=O) groups excluding carboxylic acids is 2. The van der Waals surface area contributed by atoms with E-state index in [1.165, 1.54) is 0 Å². The zero-order chi connectivity index (χ0) is 20.8. The molecule has 2 amide bonds. The smallest absolute Gasteiger partial charge is 0.243 e. The molecule has 0 atom stereocenters. The number of amides is 2. The second-order valence-corrected chi connectivity index (χ2v) is 7.69. The molecule has 29 heavy (non-hydrogen) atoms. The molecule has 7 heteroatoms. The summed E-state index contributed by atoms with van der Waals surface area (Å²) >= 11 is 6.27. The Morgan fingerprint density at radius 3 is 2.41 bits per heavy atom. The molecule has 0 spiro atoms. The van der Waals surface area contributed by atoms with Crippen LogP contribution >= 0.6 is 11.6 Å². The standard InChI is InChI=1S/C22H27ClN4O2/c1-16-6-5-8-19(17(16)2)25-21(28)14-24-22(29)15-26-10-12-27(13-11-26)20-9-4-3-7-18(20)23/h3-9H,10-15H2,1-2H3,(H,24,29)(H,25,28). The third kappa shape index (κ3) is 5.71. The Hall–Kier alpha value is -2.57. The van der Waals surface area contributed by atoms with Gasteiger partial charge in [-0.05, 0) is 43.2 Å². The minimum atomic E-state index is -0.226. The largest absolute Gasteiger partial charge is 0.368 e. The maximum Gasteiger partial charge on any atom is 0.243 e. The molecule has 0 saturated carbocycles. The SMILES string of the molecule is Cc1cccc(NC(=O)CNC(=O)CN2CCN(c3ccccc3Cl)CC2)c1C. The summed E-state index contributed by atoms with van der Waals surface area (Å²) in [5, 5.41) is 6.31. The van der Waals surface area contributed by atoms with Gasteiger partial charge in [0.15, 0.2) is 0 Å². The second kappa shape index (κ2) is 9.76. The normalized spacial score (nSPS) is 14.5. The summed E-state index contributed by atoms with van der Waals surface area (Å²) in [7, 11) is 0. The van der Waals surface area contributed by atoms with Crippen LogP contribution < -0.4 is 15.5 Å². The molecule has 1 aliphatic rings. The summed E-state index contributed by atoms with van der Waals surface area (Å²) in [5.41, 5.74) is 3.95. The minimum absolute atomic E-state index is 0.0359. The lowest BCUT2D eigenvalue weighted by Crippen LogP contribution is -2.50. The minimum Gasteiger partial charge on any atom is -0.368 e. The Kier molecular flexibility index (Phi) is 7.12. The van der Waals surface area contributed by atoms with Crippen LogP contribution in [0, 0.1) is 13.8 Å². The van der Waals surface area contributed by atoms with E-state index in [-0.39, 0.29) is 24.9 Å². The maximum absolute atomic E-state index is 12.2. The fraction of sp³-hybridized carbons (Fsp3) is 0.364. The molecule has 154 valence electrons. The van der Waals surface area contributed by atoms with Crippen LogP contribution in [-0.2, 0) is 9.59 Å². The lowest BCUT2D eigenvalue weighted by molar-refractivity contribution is -0.125. The number of aryl methyl sites for hydroxylation is 1. The summed E-state index contributed by atoms with van der Waals surface area (Å²) < 4.78 is 0. The molecule has 0 unspecified atom stereocenters. The number of nitrogens with zero attached hydrogens (tertiary/aromatic N) is 2. The van der Waals surface area contributed by atoms with Crippen molar-refractivity contribution in [1.29, 1.82) is 0 Å². The highest BCUT2D eigenvalue weighted by atomic mass is 35.5. The third-order valence-electron chi connectivity index (χ3n) is 5.26. The summed E-state index contributed by atoms with van der Waals surface area (Å²) in [4.78, 5) is 28.7. The molecule has 0 aromatic heterocycles. The van der Waals surface area contributed by atoms with Gasteiger partial charge in [0.2, 0.25) is 11.8 Å². The number of anilines is 2. The van der Waals surface area contributed by atoms with Crippen molar-refractivity contribution >= 4 is 34.8 Å². The van der Waals surface area contributed by atoms with Crippen LogP contribution in [-0.4, -0.2) is 56.0 Å². The summed E-state index contributed by atoms with van der Waals surface area (Å²) in [6, 6.07) is 13.6. The van der Waals surface area contributed by atoms with E-state index in [9.17, 15) is 9.59 Å². The number of hydrogen-bond donors (Lipinski definition) is 2. The van der Waals surface area contributed by atoms with Crippen molar-refractivity contribution in [3.05, 3.63) is 58.6 Å². The van der Waals surface area contributed by atoms with E-state index >= 15 is 0 Å². The van der Waals surface area contributed by atoms with E-state index in [0.717, 1.165) is 53.7 Å². The predicted molar refractivity (Wildman–Crippen MR) is 118 cm³/mol. The first kappa shape index (κ1) is 21.1. The highest BCUT2D eigenvalue weighted by Gasteiger charge is 2.20. The quantitative estimate of drug-likeness (QED) is 0.762. The van der Waals surface area contributed by atoms with Crippen LogP contribution in [0.25, 0.3) is 0 Å². The van der Waals surface area contributed by atoms with Crippen LogP contribution in [0.3, 0.4) is 0 Å². The van der Waals surface area contributed by atoms with Gasteiger partial charge in [0.1, 0.15) is 0 Å². The van der Waals surface area contributed by atoms with Gasteiger partial charge in [-0.1, -0.05) is 35.9 Å². The van der Waals surface area contributed by atoms with Crippen LogP contribution in [0.1, 0.15) is 11.1 Å². The zero-order valence-corrected chi connectivity index (χ0v) is 17.6. The molecule has 1 aliphatic heterocycles. The maximum atomic E-state index is 12.2. The molecule has 1 saturated heterocycles. The van der Waals surface area contributed by atoms with Crippen LogP contribution in [0.5, 0.6) is 0 Å². The number of halogens is 1. The molecule has 2 aromatic carbocycles. The summed E-state index contributed by atoms with van der Waals surface area (Å²) in [6.45, 7) is 7.37. The highest BCUT2D eigenvalue weighted by molar-refractivity contribution is 6.33. The molecule has 6 nitrogen and oxygen atoms in total. The zero-order valence-electron chi connectivity index (χ0n) is 16.9. The average Bonchev–Trinajstić information content (AvgIpc) is 2.71. The van der Waals surface area contributed by atoms with Gasteiger partial charge in [-0.3, -0.25) is 14.5 Å². The van der Waals surface area contributed by atoms with E-state index in [4.69, 9.17) is 11.6 Å². The first-order valence-electron chi connectivity index (χ1n) is 9.78. The van der Waals surface area contributed by atoms with E-state index in [1.807, 2.05) is 56.3 Å². The Morgan fingerprint density at radius 1 is 0.966 bits per heavy atom. The molecule has 2 aromatic rings. The van der Waals surface area contributed by atoms with Gasteiger partial charge < -0.3 is 15.5 Å². The molecule has 0 radical (unpaired) electrons. The van der Waals surface area contributed by atoms with Gasteiger partial charge in [-0.2, -0.15) is 0 Å². The van der Waals surface area contributed by atoms with Gasteiger partial charge in [-0.15, -0.1) is 0 Å². The number of piperazine rings is 1. The number of carbonyl (C=O) groups is 2. The Labute approximate surface area is 176 Å². The molecule has 0 aliphatic carbocycles. The average molecular weight is 415 g/mol. The van der Waals surface area contributed by atoms with Crippen molar-refractivity contribution < 1.29 is 9.59 Å². The molecule has 2 N–H and O–H groups in total. The second-order valence-electron chi connectivity index (χ2n) is 7.29. The van der Waals surface area contributed by atoms with Crippen molar-refractivity contribution in [2.45, 2.75) is 13.8 Å². The Balaban J connectivity index is 1.41. The first-order chi connectivity index (χ1) is 13.9. The number of rotatable bonds is 6. The Morgan fingerprint density at radius 2 is 1.69 bits per heavy atom. The number of nitrogens with one attached hydrogen (secondary N) is 2. The van der Waals surface area contributed by atoms with E-state index in [0.29, 0.717) is 0 Å². The molecule has 1 fully saturated rings.